The molecule has 0 amide bonds. The molecule has 1 fully saturated rings. The Morgan fingerprint density at radius 2 is 1.76 bits per heavy atom. The minimum atomic E-state index is -4.33. The highest BCUT2D eigenvalue weighted by Crippen LogP contribution is 2.32. The molecule has 0 aliphatic carbocycles. The van der Waals surface area contributed by atoms with Gasteiger partial charge >= 0.3 is 6.18 Å². The lowest BCUT2D eigenvalue weighted by atomic mass is 9.82. The molecule has 1 aliphatic heterocycles. The topological polar surface area (TPSA) is 29.1 Å². The number of Topliss-reactive ketones (excluding diaryl/α,β-unsaturated/α-hetero) is 1. The van der Waals surface area contributed by atoms with Crippen LogP contribution in [0.1, 0.15) is 33.6 Å². The number of carbonyl (C=O) groups is 1. The fraction of sp³-hybridized carbons (Fsp3) is 0.909. The zero-order valence-corrected chi connectivity index (χ0v) is 10.8. The van der Waals surface area contributed by atoms with E-state index in [0.29, 0.717) is 0 Å². The van der Waals surface area contributed by atoms with Gasteiger partial charge in [0.15, 0.2) is 5.78 Å². The van der Waals surface area contributed by atoms with Crippen LogP contribution in [0, 0.1) is 5.41 Å². The number of piperidine rings is 1. The summed E-state index contributed by atoms with van der Waals surface area (Å²) in [5.41, 5.74) is -0.696. The Morgan fingerprint density at radius 1 is 1.24 bits per heavy atom. The number of ketones is 1. The Morgan fingerprint density at radius 3 is 2.18 bits per heavy atom. The summed E-state index contributed by atoms with van der Waals surface area (Å²) in [5.74, 6) is -0.272. The van der Waals surface area contributed by atoms with Crippen molar-refractivity contribution in [1.29, 1.82) is 0 Å². The molecule has 1 rings (SSSR count). The van der Waals surface area contributed by atoms with Gasteiger partial charge in [0, 0.05) is 5.41 Å². The first-order valence-electron chi connectivity index (χ1n) is 5.54. The number of rotatable bonds is 1. The van der Waals surface area contributed by atoms with Crippen LogP contribution < -0.4 is 5.32 Å². The Kier molecular flexibility index (Phi) is 4.14. The van der Waals surface area contributed by atoms with Crippen molar-refractivity contribution in [2.45, 2.75) is 57.2 Å². The number of alkyl halides is 4. The average molecular weight is 272 g/mol. The highest BCUT2D eigenvalue weighted by atomic mass is 35.5. The predicted molar refractivity (Wildman–Crippen MR) is 60.1 cm³/mol. The predicted octanol–water partition coefficient (Wildman–Crippen LogP) is 2.89. The van der Waals surface area contributed by atoms with E-state index in [2.05, 4.69) is 5.32 Å². The molecule has 0 aromatic carbocycles. The minimum Gasteiger partial charge on any atom is -0.297 e. The molecule has 3 unspecified atom stereocenters. The highest BCUT2D eigenvalue weighted by molar-refractivity contribution is 6.23. The second-order valence-electron chi connectivity index (χ2n) is 5.45. The Bertz CT molecular complexity index is 298. The van der Waals surface area contributed by atoms with Crippen molar-refractivity contribution in [2.24, 2.45) is 5.41 Å². The van der Waals surface area contributed by atoms with Gasteiger partial charge in [-0.05, 0) is 12.8 Å². The van der Waals surface area contributed by atoms with Gasteiger partial charge in [-0.2, -0.15) is 13.2 Å². The molecule has 0 aromatic heterocycles. The fourth-order valence-electron chi connectivity index (χ4n) is 1.86. The molecule has 1 heterocycles. The number of halogens is 4. The molecule has 17 heavy (non-hydrogen) atoms. The molecule has 6 heteroatoms. The van der Waals surface area contributed by atoms with Crippen molar-refractivity contribution >= 4 is 17.4 Å². The van der Waals surface area contributed by atoms with Crippen LogP contribution in [0.2, 0.25) is 0 Å². The van der Waals surface area contributed by atoms with Crippen LogP contribution in [0.4, 0.5) is 13.2 Å². The zero-order chi connectivity index (χ0) is 13.4. The van der Waals surface area contributed by atoms with E-state index >= 15 is 0 Å². The van der Waals surface area contributed by atoms with Crippen molar-refractivity contribution in [3.63, 3.8) is 0 Å². The van der Waals surface area contributed by atoms with E-state index in [1.807, 2.05) is 0 Å². The molecular weight excluding hydrogens is 255 g/mol. The van der Waals surface area contributed by atoms with Gasteiger partial charge in [0.2, 0.25) is 0 Å². The zero-order valence-electron chi connectivity index (χ0n) is 10.1. The lowest BCUT2D eigenvalue weighted by Gasteiger charge is -2.37. The molecule has 1 aliphatic rings. The molecule has 0 spiro atoms. The minimum absolute atomic E-state index is 0.0778. The lowest BCUT2D eigenvalue weighted by molar-refractivity contribution is -0.165. The third kappa shape index (κ3) is 3.58. The molecule has 1 saturated heterocycles. The van der Waals surface area contributed by atoms with E-state index in [0.717, 1.165) is 0 Å². The van der Waals surface area contributed by atoms with Crippen LogP contribution >= 0.6 is 11.6 Å². The molecule has 2 nitrogen and oxygen atoms in total. The smallest absolute Gasteiger partial charge is 0.297 e. The van der Waals surface area contributed by atoms with Crippen molar-refractivity contribution < 1.29 is 18.0 Å². The molecule has 0 aromatic rings. The summed E-state index contributed by atoms with van der Waals surface area (Å²) in [5, 5.41) is 1.77. The summed E-state index contributed by atoms with van der Waals surface area (Å²) in [4.78, 5) is 12.0. The van der Waals surface area contributed by atoms with Gasteiger partial charge in [0.25, 0.3) is 0 Å². The number of hydrogen-bond donors (Lipinski definition) is 1. The molecular formula is C11H17ClF3NO. The second kappa shape index (κ2) is 4.76. The van der Waals surface area contributed by atoms with E-state index in [-0.39, 0.29) is 18.6 Å². The number of hydrogen-bond acceptors (Lipinski definition) is 2. The first kappa shape index (κ1) is 14.8. The maximum absolute atomic E-state index is 12.6. The van der Waals surface area contributed by atoms with Gasteiger partial charge in [-0.1, -0.05) is 20.8 Å². The average Bonchev–Trinajstić information content (AvgIpc) is 2.14. The van der Waals surface area contributed by atoms with E-state index in [9.17, 15) is 18.0 Å². The second-order valence-corrected chi connectivity index (χ2v) is 6.01. The summed E-state index contributed by atoms with van der Waals surface area (Å²) in [6.45, 7) is 5.04. The Balaban J connectivity index is 2.81. The van der Waals surface area contributed by atoms with Gasteiger partial charge in [0.1, 0.15) is 6.04 Å². The van der Waals surface area contributed by atoms with E-state index in [1.54, 1.807) is 20.8 Å². The summed E-state index contributed by atoms with van der Waals surface area (Å²) >= 11 is 5.95. The number of carbonyl (C=O) groups excluding carboxylic acids is 1. The van der Waals surface area contributed by atoms with E-state index in [4.69, 9.17) is 11.6 Å². The standard InChI is InChI=1S/C11H17ClF3NO/c1-10(2,3)9(17)8-6(12)4-5-7(16-8)11(13,14)15/h6-8,16H,4-5H2,1-3H3. The highest BCUT2D eigenvalue weighted by Gasteiger charge is 2.47. The van der Waals surface area contributed by atoms with Crippen LogP contribution in [-0.4, -0.2) is 29.4 Å². The summed E-state index contributed by atoms with van der Waals surface area (Å²) < 4.78 is 37.8. The molecule has 0 radical (unpaired) electrons. The van der Waals surface area contributed by atoms with Crippen LogP contribution in [-0.2, 0) is 4.79 Å². The van der Waals surface area contributed by atoms with Crippen molar-refractivity contribution in [3.8, 4) is 0 Å². The van der Waals surface area contributed by atoms with Gasteiger partial charge in [0.05, 0.1) is 11.4 Å². The van der Waals surface area contributed by atoms with Crippen molar-refractivity contribution in [1.82, 2.24) is 5.32 Å². The molecule has 3 atom stereocenters. The van der Waals surface area contributed by atoms with Crippen molar-refractivity contribution in [2.75, 3.05) is 0 Å². The summed E-state index contributed by atoms with van der Waals surface area (Å²) in [7, 11) is 0. The monoisotopic (exact) mass is 271 g/mol. The van der Waals surface area contributed by atoms with Crippen LogP contribution in [0.3, 0.4) is 0 Å². The SMILES string of the molecule is CC(C)(C)C(=O)C1NC(C(F)(F)F)CCC1Cl. The van der Waals surface area contributed by atoms with Gasteiger partial charge < -0.3 is 0 Å². The fourth-order valence-corrected chi connectivity index (χ4v) is 2.17. The number of nitrogens with one attached hydrogen (secondary N) is 1. The van der Waals surface area contributed by atoms with Gasteiger partial charge in [-0.3, -0.25) is 10.1 Å². The molecule has 1 N–H and O–H groups in total. The molecule has 0 bridgehead atoms. The van der Waals surface area contributed by atoms with Crippen molar-refractivity contribution in [3.05, 3.63) is 0 Å². The summed E-state index contributed by atoms with van der Waals surface area (Å²) in [6.07, 6.45) is -4.20. The first-order valence-corrected chi connectivity index (χ1v) is 5.98. The van der Waals surface area contributed by atoms with E-state index < -0.39 is 29.1 Å². The normalized spacial score (nSPS) is 31.4. The molecule has 0 saturated carbocycles. The van der Waals surface area contributed by atoms with E-state index in [1.165, 1.54) is 0 Å². The Hall–Kier alpha value is -0.290. The lowest BCUT2D eigenvalue weighted by Crippen LogP contribution is -2.59. The first-order chi connectivity index (χ1) is 7.53. The maximum atomic E-state index is 12.6. The van der Waals surface area contributed by atoms with Crippen LogP contribution in [0.25, 0.3) is 0 Å². The Labute approximate surface area is 104 Å². The van der Waals surface area contributed by atoms with Gasteiger partial charge in [-0.25, -0.2) is 0 Å². The van der Waals surface area contributed by atoms with Crippen LogP contribution in [0.15, 0.2) is 0 Å². The molecule has 100 valence electrons. The third-order valence-electron chi connectivity index (χ3n) is 2.89. The quantitative estimate of drug-likeness (QED) is 0.743. The van der Waals surface area contributed by atoms with Gasteiger partial charge in [-0.15, -0.1) is 11.6 Å². The van der Waals surface area contributed by atoms with Crippen LogP contribution in [0.5, 0.6) is 0 Å². The summed E-state index contributed by atoms with van der Waals surface area (Å²) in [6, 6.07) is -2.55. The largest absolute Gasteiger partial charge is 0.403 e. The third-order valence-corrected chi connectivity index (χ3v) is 3.36. The maximum Gasteiger partial charge on any atom is 0.403 e.